The molecule has 0 bridgehead atoms. The van der Waals surface area contributed by atoms with Crippen LogP contribution in [0.25, 0.3) is 0 Å². The molecule has 0 heterocycles. The molecule has 0 aliphatic heterocycles. The lowest BCUT2D eigenvalue weighted by atomic mass is 9.98. The highest BCUT2D eigenvalue weighted by atomic mass is 16.5. The molecule has 0 aliphatic carbocycles. The van der Waals surface area contributed by atoms with Crippen LogP contribution in [0.2, 0.25) is 0 Å². The number of ketones is 1. The molecule has 0 spiro atoms. The third kappa shape index (κ3) is 8.37. The third-order valence-electron chi connectivity index (χ3n) is 2.54. The van der Waals surface area contributed by atoms with E-state index in [0.717, 1.165) is 25.7 Å². The van der Waals surface area contributed by atoms with Crippen LogP contribution in [-0.4, -0.2) is 18.5 Å². The molecule has 0 radical (unpaired) electrons. The molecule has 0 saturated heterocycles. The Bertz CT molecular complexity index is 195. The topological polar surface area (TPSA) is 26.3 Å². The number of hydrogen-bond donors (Lipinski definition) is 0. The van der Waals surface area contributed by atoms with Crippen LogP contribution >= 0.6 is 0 Å². The molecular weight excluding hydrogens is 188 g/mol. The van der Waals surface area contributed by atoms with Gasteiger partial charge in [-0.1, -0.05) is 12.5 Å². The van der Waals surface area contributed by atoms with Crippen molar-refractivity contribution in [3.63, 3.8) is 0 Å². The van der Waals surface area contributed by atoms with E-state index in [0.29, 0.717) is 18.6 Å². The van der Waals surface area contributed by atoms with E-state index >= 15 is 0 Å². The standard InChI is InChI=1S/C13H24O2/c1-5-6-7-8-9-10-12(14)11-13(2,3)15-4/h5H,1,6-11H2,2-4H3. The number of allylic oxidation sites excluding steroid dienone is 1. The molecule has 0 aromatic rings. The summed E-state index contributed by atoms with van der Waals surface area (Å²) in [6.07, 6.45) is 7.44. The maximum absolute atomic E-state index is 11.6. The van der Waals surface area contributed by atoms with Gasteiger partial charge < -0.3 is 4.74 Å². The highest BCUT2D eigenvalue weighted by Gasteiger charge is 2.20. The second kappa shape index (κ2) is 7.63. The first-order valence-electron chi connectivity index (χ1n) is 5.69. The lowest BCUT2D eigenvalue weighted by Crippen LogP contribution is -2.26. The average molecular weight is 212 g/mol. The fourth-order valence-electron chi connectivity index (χ4n) is 1.42. The van der Waals surface area contributed by atoms with Gasteiger partial charge in [-0.25, -0.2) is 0 Å². The molecule has 0 unspecified atom stereocenters. The molecule has 2 heteroatoms. The number of carbonyl (C=O) groups is 1. The molecular formula is C13H24O2. The largest absolute Gasteiger partial charge is 0.378 e. The van der Waals surface area contributed by atoms with E-state index in [2.05, 4.69) is 6.58 Å². The Hall–Kier alpha value is -0.630. The molecule has 0 saturated carbocycles. The molecule has 0 aromatic carbocycles. The quantitative estimate of drug-likeness (QED) is 0.432. The summed E-state index contributed by atoms with van der Waals surface area (Å²) in [6, 6.07) is 0. The van der Waals surface area contributed by atoms with Gasteiger partial charge in [0.25, 0.3) is 0 Å². The fraction of sp³-hybridized carbons (Fsp3) is 0.769. The van der Waals surface area contributed by atoms with Crippen molar-refractivity contribution < 1.29 is 9.53 Å². The Labute approximate surface area is 93.7 Å². The zero-order chi connectivity index (χ0) is 11.7. The maximum atomic E-state index is 11.6. The molecule has 15 heavy (non-hydrogen) atoms. The van der Waals surface area contributed by atoms with Crippen LogP contribution in [0.15, 0.2) is 12.7 Å². The van der Waals surface area contributed by atoms with E-state index in [4.69, 9.17) is 4.74 Å². The van der Waals surface area contributed by atoms with E-state index in [9.17, 15) is 4.79 Å². The van der Waals surface area contributed by atoms with Crippen LogP contribution in [0, 0.1) is 0 Å². The number of hydrogen-bond acceptors (Lipinski definition) is 2. The fourth-order valence-corrected chi connectivity index (χ4v) is 1.42. The van der Waals surface area contributed by atoms with Gasteiger partial charge in [0.05, 0.1) is 5.60 Å². The number of Topliss-reactive ketones (excluding diaryl/α,β-unsaturated/α-hetero) is 1. The van der Waals surface area contributed by atoms with Crippen LogP contribution in [0.1, 0.15) is 52.4 Å². The minimum atomic E-state index is -0.307. The van der Waals surface area contributed by atoms with Crippen molar-refractivity contribution in [3.8, 4) is 0 Å². The molecule has 0 atom stereocenters. The SMILES string of the molecule is C=CCCCCCC(=O)CC(C)(C)OC. The van der Waals surface area contributed by atoms with Gasteiger partial charge in [-0.05, 0) is 33.1 Å². The summed E-state index contributed by atoms with van der Waals surface area (Å²) in [6.45, 7) is 7.56. The van der Waals surface area contributed by atoms with Crippen LogP contribution in [-0.2, 0) is 9.53 Å². The van der Waals surface area contributed by atoms with Gasteiger partial charge in [-0.15, -0.1) is 6.58 Å². The number of rotatable bonds is 9. The van der Waals surface area contributed by atoms with E-state index in [1.165, 1.54) is 0 Å². The summed E-state index contributed by atoms with van der Waals surface area (Å²) in [5.41, 5.74) is -0.307. The summed E-state index contributed by atoms with van der Waals surface area (Å²) < 4.78 is 5.22. The van der Waals surface area contributed by atoms with Crippen molar-refractivity contribution in [3.05, 3.63) is 12.7 Å². The Morgan fingerprint density at radius 2 is 2.00 bits per heavy atom. The van der Waals surface area contributed by atoms with Crippen molar-refractivity contribution in [2.75, 3.05) is 7.11 Å². The minimum Gasteiger partial charge on any atom is -0.378 e. The van der Waals surface area contributed by atoms with Gasteiger partial charge in [-0.3, -0.25) is 4.79 Å². The monoisotopic (exact) mass is 212 g/mol. The minimum absolute atomic E-state index is 0.306. The Balaban J connectivity index is 3.53. The smallest absolute Gasteiger partial charge is 0.135 e. The Morgan fingerprint density at radius 1 is 1.33 bits per heavy atom. The number of carbonyl (C=O) groups excluding carboxylic acids is 1. The van der Waals surface area contributed by atoms with Gasteiger partial charge >= 0.3 is 0 Å². The van der Waals surface area contributed by atoms with Crippen LogP contribution < -0.4 is 0 Å². The van der Waals surface area contributed by atoms with Crippen molar-refractivity contribution >= 4 is 5.78 Å². The van der Waals surface area contributed by atoms with E-state index in [1.54, 1.807) is 7.11 Å². The number of methoxy groups -OCH3 is 1. The second-order valence-corrected chi connectivity index (χ2v) is 4.57. The Kier molecular flexibility index (Phi) is 7.31. The highest BCUT2D eigenvalue weighted by molar-refractivity contribution is 5.79. The lowest BCUT2D eigenvalue weighted by Gasteiger charge is -2.21. The summed E-state index contributed by atoms with van der Waals surface area (Å²) in [4.78, 5) is 11.6. The molecule has 0 aliphatic rings. The zero-order valence-electron chi connectivity index (χ0n) is 10.3. The van der Waals surface area contributed by atoms with Gasteiger partial charge in [0.15, 0.2) is 0 Å². The predicted octanol–water partition coefficient (Wildman–Crippen LogP) is 3.51. The first-order chi connectivity index (χ1) is 7.02. The molecule has 0 aromatic heterocycles. The zero-order valence-corrected chi connectivity index (χ0v) is 10.3. The molecule has 88 valence electrons. The van der Waals surface area contributed by atoms with E-state index in [-0.39, 0.29) is 5.60 Å². The van der Waals surface area contributed by atoms with Crippen LogP contribution in [0.5, 0.6) is 0 Å². The summed E-state index contributed by atoms with van der Waals surface area (Å²) in [7, 11) is 1.65. The lowest BCUT2D eigenvalue weighted by molar-refractivity contribution is -0.124. The van der Waals surface area contributed by atoms with Crippen molar-refractivity contribution in [1.82, 2.24) is 0 Å². The van der Waals surface area contributed by atoms with Crippen molar-refractivity contribution in [2.24, 2.45) is 0 Å². The van der Waals surface area contributed by atoms with Gasteiger partial charge in [0, 0.05) is 20.0 Å². The second-order valence-electron chi connectivity index (χ2n) is 4.57. The van der Waals surface area contributed by atoms with Gasteiger partial charge in [-0.2, -0.15) is 0 Å². The normalized spacial score (nSPS) is 11.4. The first kappa shape index (κ1) is 14.4. The Morgan fingerprint density at radius 3 is 2.53 bits per heavy atom. The van der Waals surface area contributed by atoms with Gasteiger partial charge in [0.2, 0.25) is 0 Å². The van der Waals surface area contributed by atoms with Crippen LogP contribution in [0.3, 0.4) is 0 Å². The summed E-state index contributed by atoms with van der Waals surface area (Å²) in [5, 5.41) is 0. The van der Waals surface area contributed by atoms with Crippen molar-refractivity contribution in [2.45, 2.75) is 58.0 Å². The molecule has 0 rings (SSSR count). The summed E-state index contributed by atoms with van der Waals surface area (Å²) >= 11 is 0. The number of ether oxygens (including phenoxy) is 1. The predicted molar refractivity (Wildman–Crippen MR) is 64.0 cm³/mol. The maximum Gasteiger partial charge on any atom is 0.135 e. The van der Waals surface area contributed by atoms with Crippen molar-refractivity contribution in [1.29, 1.82) is 0 Å². The average Bonchev–Trinajstić information content (AvgIpc) is 2.17. The van der Waals surface area contributed by atoms with Crippen LogP contribution in [0.4, 0.5) is 0 Å². The first-order valence-corrected chi connectivity index (χ1v) is 5.69. The van der Waals surface area contributed by atoms with E-state index < -0.39 is 0 Å². The van der Waals surface area contributed by atoms with Gasteiger partial charge in [0.1, 0.15) is 5.78 Å². The molecule has 2 nitrogen and oxygen atoms in total. The molecule has 0 amide bonds. The van der Waals surface area contributed by atoms with E-state index in [1.807, 2.05) is 19.9 Å². The summed E-state index contributed by atoms with van der Waals surface area (Å²) in [5.74, 6) is 0.306. The number of unbranched alkanes of at least 4 members (excludes halogenated alkanes) is 3. The molecule has 0 fully saturated rings. The molecule has 0 N–H and O–H groups in total. The highest BCUT2D eigenvalue weighted by Crippen LogP contribution is 2.15. The third-order valence-corrected chi connectivity index (χ3v) is 2.54.